The summed E-state index contributed by atoms with van der Waals surface area (Å²) < 4.78 is 37.6. The van der Waals surface area contributed by atoms with Crippen LogP contribution in [0.15, 0.2) is 18.2 Å². The smallest absolute Gasteiger partial charge is 0.374 e. The molecule has 1 aliphatic rings. The van der Waals surface area contributed by atoms with Gasteiger partial charge in [-0.05, 0) is 12.1 Å². The van der Waals surface area contributed by atoms with Crippen molar-refractivity contribution >= 4 is 17.3 Å². The van der Waals surface area contributed by atoms with Gasteiger partial charge in [-0.15, -0.1) is 0 Å². The van der Waals surface area contributed by atoms with Crippen molar-refractivity contribution in [3.8, 4) is 0 Å². The maximum Gasteiger partial charge on any atom is 0.416 e. The Balaban J connectivity index is 2.28. The van der Waals surface area contributed by atoms with Gasteiger partial charge in [0.05, 0.1) is 16.5 Å². The predicted octanol–water partition coefficient (Wildman–Crippen LogP) is 1.91. The van der Waals surface area contributed by atoms with E-state index in [0.717, 1.165) is 12.1 Å². The largest absolute Gasteiger partial charge is 0.416 e. The van der Waals surface area contributed by atoms with Crippen LogP contribution in [0.2, 0.25) is 0 Å². The Morgan fingerprint density at radius 3 is 2.60 bits per heavy atom. The first kappa shape index (κ1) is 14.1. The fourth-order valence-electron chi connectivity index (χ4n) is 1.91. The van der Waals surface area contributed by atoms with E-state index >= 15 is 0 Å². The van der Waals surface area contributed by atoms with Crippen LogP contribution in [0.25, 0.3) is 0 Å². The molecule has 1 saturated heterocycles. The molecule has 1 fully saturated rings. The fourth-order valence-corrected chi connectivity index (χ4v) is 1.91. The van der Waals surface area contributed by atoms with Crippen LogP contribution in [0.4, 0.5) is 24.5 Å². The van der Waals surface area contributed by atoms with Crippen molar-refractivity contribution in [3.05, 3.63) is 33.9 Å². The van der Waals surface area contributed by atoms with Gasteiger partial charge in [0.15, 0.2) is 0 Å². The van der Waals surface area contributed by atoms with Crippen LogP contribution in [0.3, 0.4) is 0 Å². The monoisotopic (exact) mass is 289 g/mol. The maximum atomic E-state index is 12.5. The number of alkyl halides is 3. The van der Waals surface area contributed by atoms with E-state index in [0.29, 0.717) is 6.07 Å². The molecule has 2 N–H and O–H groups in total. The number of nitrogens with one attached hydrogen (secondary N) is 2. The van der Waals surface area contributed by atoms with Gasteiger partial charge in [-0.1, -0.05) is 0 Å². The standard InChI is InChI=1S/C11H10F3N3O3/c12-11(13,14)6-1-2-8(9(3-6)17(19)20)16-7-4-10(18)15-5-7/h1-3,7,16H,4-5H2,(H,15,18). The molecule has 0 aromatic heterocycles. The highest BCUT2D eigenvalue weighted by Gasteiger charge is 2.33. The third-order valence-corrected chi connectivity index (χ3v) is 2.86. The lowest BCUT2D eigenvalue weighted by atomic mass is 10.1. The SMILES string of the molecule is O=C1CC(Nc2ccc(C(F)(F)F)cc2[N+](=O)[O-])CN1. The van der Waals surface area contributed by atoms with Crippen molar-refractivity contribution in [1.82, 2.24) is 5.32 Å². The first-order valence-corrected chi connectivity index (χ1v) is 5.66. The second kappa shape index (κ2) is 4.99. The van der Waals surface area contributed by atoms with E-state index in [1.165, 1.54) is 0 Å². The molecule has 1 aliphatic heterocycles. The summed E-state index contributed by atoms with van der Waals surface area (Å²) in [6, 6.07) is 1.87. The fraction of sp³-hybridized carbons (Fsp3) is 0.364. The van der Waals surface area contributed by atoms with E-state index in [1.807, 2.05) is 0 Å². The molecular formula is C11H10F3N3O3. The topological polar surface area (TPSA) is 84.3 Å². The molecule has 0 radical (unpaired) electrons. The first-order chi connectivity index (χ1) is 9.27. The van der Waals surface area contributed by atoms with Crippen molar-refractivity contribution in [1.29, 1.82) is 0 Å². The summed E-state index contributed by atoms with van der Waals surface area (Å²) >= 11 is 0. The number of carbonyl (C=O) groups excluding carboxylic acids is 1. The van der Waals surface area contributed by atoms with Crippen molar-refractivity contribution in [2.45, 2.75) is 18.6 Å². The molecule has 20 heavy (non-hydrogen) atoms. The lowest BCUT2D eigenvalue weighted by Gasteiger charge is -2.13. The van der Waals surface area contributed by atoms with E-state index in [-0.39, 0.29) is 30.6 Å². The average molecular weight is 289 g/mol. The lowest BCUT2D eigenvalue weighted by Crippen LogP contribution is -2.23. The lowest BCUT2D eigenvalue weighted by molar-refractivity contribution is -0.384. The third kappa shape index (κ3) is 2.98. The Kier molecular flexibility index (Phi) is 3.51. The van der Waals surface area contributed by atoms with E-state index in [2.05, 4.69) is 10.6 Å². The Morgan fingerprint density at radius 2 is 2.10 bits per heavy atom. The van der Waals surface area contributed by atoms with Crippen LogP contribution in [0.5, 0.6) is 0 Å². The molecule has 1 aromatic carbocycles. The number of hydrogen-bond donors (Lipinski definition) is 2. The zero-order valence-corrected chi connectivity index (χ0v) is 10.0. The maximum absolute atomic E-state index is 12.5. The van der Waals surface area contributed by atoms with Crippen LogP contribution >= 0.6 is 0 Å². The van der Waals surface area contributed by atoms with Gasteiger partial charge in [-0.3, -0.25) is 14.9 Å². The summed E-state index contributed by atoms with van der Waals surface area (Å²) in [6.45, 7) is 0.275. The Morgan fingerprint density at radius 1 is 1.40 bits per heavy atom. The minimum Gasteiger partial charge on any atom is -0.374 e. The second-order valence-electron chi connectivity index (χ2n) is 4.34. The van der Waals surface area contributed by atoms with Gasteiger partial charge < -0.3 is 10.6 Å². The normalized spacial score (nSPS) is 18.8. The zero-order chi connectivity index (χ0) is 14.9. The van der Waals surface area contributed by atoms with Crippen LogP contribution in [0.1, 0.15) is 12.0 Å². The van der Waals surface area contributed by atoms with Gasteiger partial charge in [0.25, 0.3) is 5.69 Å². The van der Waals surface area contributed by atoms with Crippen LogP contribution in [-0.4, -0.2) is 23.4 Å². The van der Waals surface area contributed by atoms with E-state index in [9.17, 15) is 28.1 Å². The molecule has 9 heteroatoms. The molecule has 1 atom stereocenters. The van der Waals surface area contributed by atoms with Crippen LogP contribution in [-0.2, 0) is 11.0 Å². The summed E-state index contributed by atoms with van der Waals surface area (Å²) in [6.07, 6.45) is -4.52. The van der Waals surface area contributed by atoms with Crippen molar-refractivity contribution in [2.75, 3.05) is 11.9 Å². The molecule has 0 spiro atoms. The Bertz CT molecular complexity index is 560. The van der Waals surface area contributed by atoms with Crippen molar-refractivity contribution in [3.63, 3.8) is 0 Å². The highest BCUT2D eigenvalue weighted by molar-refractivity contribution is 5.80. The molecule has 1 heterocycles. The highest BCUT2D eigenvalue weighted by Crippen LogP contribution is 2.35. The number of carbonyl (C=O) groups is 1. The minimum absolute atomic E-state index is 0.0375. The van der Waals surface area contributed by atoms with Crippen LogP contribution in [0, 0.1) is 10.1 Å². The Labute approximate surface area is 111 Å². The number of rotatable bonds is 3. The number of amides is 1. The molecule has 0 bridgehead atoms. The van der Waals surface area contributed by atoms with E-state index in [4.69, 9.17) is 0 Å². The molecular weight excluding hydrogens is 279 g/mol. The summed E-state index contributed by atoms with van der Waals surface area (Å²) in [5.74, 6) is -0.211. The van der Waals surface area contributed by atoms with Crippen molar-refractivity contribution < 1.29 is 22.9 Å². The highest BCUT2D eigenvalue weighted by atomic mass is 19.4. The van der Waals surface area contributed by atoms with Gasteiger partial charge in [0.1, 0.15) is 5.69 Å². The molecule has 0 saturated carbocycles. The summed E-state index contributed by atoms with van der Waals surface area (Å²) in [5.41, 5.74) is -1.79. The second-order valence-corrected chi connectivity index (χ2v) is 4.34. The third-order valence-electron chi connectivity index (χ3n) is 2.86. The number of hydrogen-bond acceptors (Lipinski definition) is 4. The van der Waals surface area contributed by atoms with E-state index in [1.54, 1.807) is 0 Å². The van der Waals surface area contributed by atoms with Crippen molar-refractivity contribution in [2.24, 2.45) is 0 Å². The number of halogens is 3. The van der Waals surface area contributed by atoms with Gasteiger partial charge >= 0.3 is 6.18 Å². The van der Waals surface area contributed by atoms with Crippen LogP contribution < -0.4 is 10.6 Å². The van der Waals surface area contributed by atoms with Gasteiger partial charge in [-0.25, -0.2) is 0 Å². The number of benzene rings is 1. The average Bonchev–Trinajstić information content (AvgIpc) is 2.73. The summed E-state index contributed by atoms with van der Waals surface area (Å²) in [7, 11) is 0. The Hall–Kier alpha value is -2.32. The number of anilines is 1. The summed E-state index contributed by atoms with van der Waals surface area (Å²) in [4.78, 5) is 21.0. The minimum atomic E-state index is -4.64. The molecule has 2 rings (SSSR count). The molecule has 0 aliphatic carbocycles. The molecule has 1 unspecified atom stereocenters. The van der Waals surface area contributed by atoms with E-state index < -0.39 is 22.4 Å². The predicted molar refractivity (Wildman–Crippen MR) is 63.1 cm³/mol. The van der Waals surface area contributed by atoms with Gasteiger partial charge in [0, 0.05) is 19.0 Å². The molecule has 6 nitrogen and oxygen atoms in total. The molecule has 108 valence electrons. The number of nitro groups is 1. The zero-order valence-electron chi connectivity index (χ0n) is 10.0. The van der Waals surface area contributed by atoms with Gasteiger partial charge in [-0.2, -0.15) is 13.2 Å². The van der Waals surface area contributed by atoms with Gasteiger partial charge in [0.2, 0.25) is 5.91 Å². The number of nitro benzene ring substituents is 1. The molecule has 1 amide bonds. The number of nitrogens with zero attached hydrogens (tertiary/aromatic N) is 1. The first-order valence-electron chi connectivity index (χ1n) is 5.66. The quantitative estimate of drug-likeness (QED) is 0.657. The summed E-state index contributed by atoms with van der Waals surface area (Å²) in [5, 5.41) is 16.1. The molecule has 1 aromatic rings.